The van der Waals surface area contributed by atoms with Crippen molar-refractivity contribution in [2.24, 2.45) is 0 Å². The summed E-state index contributed by atoms with van der Waals surface area (Å²) in [6.45, 7) is 5.23. The molecule has 4 nitrogen and oxygen atoms in total. The van der Waals surface area contributed by atoms with E-state index < -0.39 is 0 Å². The molecule has 1 aliphatic rings. The van der Waals surface area contributed by atoms with Crippen LogP contribution in [0.25, 0.3) is 0 Å². The maximum Gasteiger partial charge on any atom is 0.255 e. The van der Waals surface area contributed by atoms with E-state index in [0.717, 1.165) is 23.5 Å². The number of piperidine rings is 1. The summed E-state index contributed by atoms with van der Waals surface area (Å²) < 4.78 is 0. The van der Waals surface area contributed by atoms with Crippen molar-refractivity contribution in [2.45, 2.75) is 39.2 Å². The van der Waals surface area contributed by atoms with E-state index in [9.17, 15) is 4.79 Å². The Bertz CT molecular complexity index is 741. The van der Waals surface area contributed by atoms with Crippen molar-refractivity contribution in [2.75, 3.05) is 22.5 Å². The highest BCUT2D eigenvalue weighted by Crippen LogP contribution is 2.33. The van der Waals surface area contributed by atoms with Crippen molar-refractivity contribution in [3.63, 3.8) is 0 Å². The molecule has 1 atom stereocenters. The van der Waals surface area contributed by atoms with Crippen molar-refractivity contribution in [1.82, 2.24) is 0 Å². The van der Waals surface area contributed by atoms with E-state index in [2.05, 4.69) is 17.1 Å². The Labute approximate surface area is 143 Å². The minimum Gasteiger partial charge on any atom is -0.399 e. The van der Waals surface area contributed by atoms with Gasteiger partial charge in [-0.05, 0) is 63.4 Å². The van der Waals surface area contributed by atoms with Crippen molar-refractivity contribution < 1.29 is 4.79 Å². The summed E-state index contributed by atoms with van der Waals surface area (Å²) in [6, 6.07) is 13.8. The Balaban J connectivity index is 1.89. The van der Waals surface area contributed by atoms with Gasteiger partial charge >= 0.3 is 0 Å². The average Bonchev–Trinajstić information content (AvgIpc) is 2.56. The van der Waals surface area contributed by atoms with Crippen LogP contribution in [0.5, 0.6) is 0 Å². The zero-order valence-electron chi connectivity index (χ0n) is 14.4. The van der Waals surface area contributed by atoms with Crippen LogP contribution in [0.1, 0.15) is 42.1 Å². The number of carbonyl (C=O) groups is 1. The van der Waals surface area contributed by atoms with Gasteiger partial charge in [-0.1, -0.05) is 17.7 Å². The maximum absolute atomic E-state index is 12.6. The summed E-state index contributed by atoms with van der Waals surface area (Å²) in [5.41, 5.74) is 10.2. The fraction of sp³-hybridized carbons (Fsp3) is 0.350. The molecule has 0 aromatic heterocycles. The zero-order valence-corrected chi connectivity index (χ0v) is 14.4. The molecule has 2 aromatic rings. The number of nitrogens with zero attached hydrogens (tertiary/aromatic N) is 1. The summed E-state index contributed by atoms with van der Waals surface area (Å²) in [4.78, 5) is 15.0. The number of rotatable bonds is 3. The van der Waals surface area contributed by atoms with Crippen LogP contribution in [-0.4, -0.2) is 18.5 Å². The van der Waals surface area contributed by atoms with Gasteiger partial charge < -0.3 is 16.0 Å². The van der Waals surface area contributed by atoms with Crippen LogP contribution in [0.2, 0.25) is 0 Å². The predicted octanol–water partition coefficient (Wildman–Crippen LogP) is 4.21. The molecular weight excluding hydrogens is 298 g/mol. The van der Waals surface area contributed by atoms with Crippen molar-refractivity contribution in [1.29, 1.82) is 0 Å². The first-order valence-electron chi connectivity index (χ1n) is 8.59. The number of anilines is 3. The second-order valence-electron chi connectivity index (χ2n) is 6.64. The van der Waals surface area contributed by atoms with E-state index in [1.165, 1.54) is 19.3 Å². The van der Waals surface area contributed by atoms with E-state index in [0.29, 0.717) is 17.3 Å². The first kappa shape index (κ1) is 16.4. The fourth-order valence-electron chi connectivity index (χ4n) is 3.34. The Morgan fingerprint density at radius 2 is 2.04 bits per heavy atom. The summed E-state index contributed by atoms with van der Waals surface area (Å²) >= 11 is 0. The molecule has 0 unspecified atom stereocenters. The monoisotopic (exact) mass is 323 g/mol. The molecule has 0 spiro atoms. The number of nitrogens with one attached hydrogen (secondary N) is 1. The topological polar surface area (TPSA) is 58.4 Å². The third kappa shape index (κ3) is 3.53. The van der Waals surface area contributed by atoms with Gasteiger partial charge in [-0.25, -0.2) is 0 Å². The SMILES string of the molecule is Cc1cccc(C(=O)Nc2cc(N)ccc2N2CCCC[C@@H]2C)c1. The summed E-state index contributed by atoms with van der Waals surface area (Å²) in [5, 5.41) is 3.05. The van der Waals surface area contributed by atoms with Crippen molar-refractivity contribution in [3.05, 3.63) is 53.6 Å². The second-order valence-corrected chi connectivity index (χ2v) is 6.64. The van der Waals surface area contributed by atoms with Crippen molar-refractivity contribution in [3.8, 4) is 0 Å². The minimum absolute atomic E-state index is 0.102. The number of hydrogen-bond donors (Lipinski definition) is 2. The lowest BCUT2D eigenvalue weighted by Gasteiger charge is -2.36. The van der Waals surface area contributed by atoms with Gasteiger partial charge in [-0.3, -0.25) is 4.79 Å². The van der Waals surface area contributed by atoms with Crippen LogP contribution in [0.15, 0.2) is 42.5 Å². The first-order chi connectivity index (χ1) is 11.5. The van der Waals surface area contributed by atoms with Gasteiger partial charge in [0.2, 0.25) is 0 Å². The van der Waals surface area contributed by atoms with E-state index in [1.807, 2.05) is 49.4 Å². The first-order valence-corrected chi connectivity index (χ1v) is 8.59. The molecule has 0 saturated carbocycles. The van der Waals surface area contributed by atoms with Crippen LogP contribution in [0.3, 0.4) is 0 Å². The zero-order chi connectivity index (χ0) is 17.1. The van der Waals surface area contributed by atoms with E-state index >= 15 is 0 Å². The third-order valence-corrected chi connectivity index (χ3v) is 4.66. The van der Waals surface area contributed by atoms with Crippen LogP contribution >= 0.6 is 0 Å². The number of amides is 1. The second kappa shape index (κ2) is 6.95. The Morgan fingerprint density at radius 3 is 2.79 bits per heavy atom. The summed E-state index contributed by atoms with van der Waals surface area (Å²) in [6.07, 6.45) is 3.62. The quantitative estimate of drug-likeness (QED) is 0.832. The van der Waals surface area contributed by atoms with Crippen LogP contribution in [0, 0.1) is 6.92 Å². The van der Waals surface area contributed by atoms with Gasteiger partial charge in [0.25, 0.3) is 5.91 Å². The Morgan fingerprint density at radius 1 is 1.21 bits per heavy atom. The van der Waals surface area contributed by atoms with Gasteiger partial charge in [0.1, 0.15) is 0 Å². The molecule has 1 aliphatic heterocycles. The fourth-order valence-corrected chi connectivity index (χ4v) is 3.34. The molecule has 1 amide bonds. The molecule has 0 bridgehead atoms. The highest BCUT2D eigenvalue weighted by Gasteiger charge is 2.22. The molecule has 3 N–H and O–H groups in total. The molecule has 0 radical (unpaired) electrons. The molecule has 2 aromatic carbocycles. The number of carbonyl (C=O) groups excluding carboxylic acids is 1. The maximum atomic E-state index is 12.6. The van der Waals surface area contributed by atoms with Crippen LogP contribution in [-0.2, 0) is 0 Å². The van der Waals surface area contributed by atoms with Crippen LogP contribution < -0.4 is 16.0 Å². The lowest BCUT2D eigenvalue weighted by Crippen LogP contribution is -2.38. The minimum atomic E-state index is -0.102. The average molecular weight is 323 g/mol. The summed E-state index contributed by atoms with van der Waals surface area (Å²) in [5.74, 6) is -0.102. The molecule has 4 heteroatoms. The van der Waals surface area contributed by atoms with Gasteiger partial charge in [0.15, 0.2) is 0 Å². The predicted molar refractivity (Wildman–Crippen MR) is 101 cm³/mol. The normalized spacial score (nSPS) is 17.6. The van der Waals surface area contributed by atoms with Crippen molar-refractivity contribution >= 4 is 23.0 Å². The highest BCUT2D eigenvalue weighted by atomic mass is 16.1. The highest BCUT2D eigenvalue weighted by molar-refractivity contribution is 6.06. The standard InChI is InChI=1S/C20H25N3O/c1-14-6-5-8-16(12-14)20(24)22-18-13-17(21)9-10-19(18)23-11-4-3-7-15(23)2/h5-6,8-10,12-13,15H,3-4,7,11,21H2,1-2H3,(H,22,24)/t15-/m0/s1. The molecule has 24 heavy (non-hydrogen) atoms. The van der Waals surface area contributed by atoms with Gasteiger partial charge in [0.05, 0.1) is 11.4 Å². The number of nitrogens with two attached hydrogens (primary N) is 1. The molecule has 3 rings (SSSR count). The molecular formula is C20H25N3O. The Kier molecular flexibility index (Phi) is 4.74. The molecule has 0 aliphatic carbocycles. The lowest BCUT2D eigenvalue weighted by atomic mass is 10.0. The Hall–Kier alpha value is -2.49. The largest absolute Gasteiger partial charge is 0.399 e. The van der Waals surface area contributed by atoms with E-state index in [-0.39, 0.29) is 5.91 Å². The molecule has 1 saturated heterocycles. The number of aryl methyl sites for hydroxylation is 1. The molecule has 126 valence electrons. The number of benzene rings is 2. The third-order valence-electron chi connectivity index (χ3n) is 4.66. The molecule has 1 heterocycles. The lowest BCUT2D eigenvalue weighted by molar-refractivity contribution is 0.102. The number of nitrogen functional groups attached to an aromatic ring is 1. The molecule has 1 fully saturated rings. The van der Waals surface area contributed by atoms with E-state index in [1.54, 1.807) is 0 Å². The smallest absolute Gasteiger partial charge is 0.255 e. The van der Waals surface area contributed by atoms with E-state index in [4.69, 9.17) is 5.73 Å². The van der Waals surface area contributed by atoms with Crippen LogP contribution in [0.4, 0.5) is 17.1 Å². The van der Waals surface area contributed by atoms with Gasteiger partial charge in [-0.2, -0.15) is 0 Å². The van der Waals surface area contributed by atoms with Gasteiger partial charge in [0, 0.05) is 23.8 Å². The summed E-state index contributed by atoms with van der Waals surface area (Å²) in [7, 11) is 0. The van der Waals surface area contributed by atoms with Gasteiger partial charge in [-0.15, -0.1) is 0 Å². The number of hydrogen-bond acceptors (Lipinski definition) is 3.